The lowest BCUT2D eigenvalue weighted by atomic mass is 10.0. The molecule has 0 aromatic heterocycles. The summed E-state index contributed by atoms with van der Waals surface area (Å²) in [6.45, 7) is 0.569. The fourth-order valence-corrected chi connectivity index (χ4v) is 2.26. The Morgan fingerprint density at radius 1 is 1.35 bits per heavy atom. The van der Waals surface area contributed by atoms with Gasteiger partial charge in [0.2, 0.25) is 5.91 Å². The van der Waals surface area contributed by atoms with E-state index in [0.717, 1.165) is 12.0 Å². The van der Waals surface area contributed by atoms with Crippen molar-refractivity contribution in [1.29, 1.82) is 0 Å². The zero-order chi connectivity index (χ0) is 14.4. The Hall–Kier alpha value is -1.88. The van der Waals surface area contributed by atoms with Gasteiger partial charge in [-0.05, 0) is 31.2 Å². The summed E-state index contributed by atoms with van der Waals surface area (Å²) in [6, 6.07) is 8.76. The molecule has 1 heterocycles. The van der Waals surface area contributed by atoms with E-state index in [1.165, 1.54) is 0 Å². The van der Waals surface area contributed by atoms with Crippen LogP contribution in [0.5, 0.6) is 0 Å². The van der Waals surface area contributed by atoms with Gasteiger partial charge in [-0.15, -0.1) is 0 Å². The molecule has 1 aromatic carbocycles. The minimum Gasteiger partial charge on any atom is -0.480 e. The standard InChI is InChI=1S/C15H19NO4/c17-14(13-7-4-10-20-13)16-12(15(18)19)9-8-11-5-2-1-3-6-11/h1-3,5-6,12-13H,4,7-10H2,(H,16,17)(H,18,19)/t12-,13+/m1/s1. The van der Waals surface area contributed by atoms with Crippen molar-refractivity contribution in [2.24, 2.45) is 0 Å². The van der Waals surface area contributed by atoms with E-state index in [2.05, 4.69) is 5.32 Å². The molecule has 1 aliphatic rings. The number of hydrogen-bond acceptors (Lipinski definition) is 3. The summed E-state index contributed by atoms with van der Waals surface area (Å²) in [6.07, 6.45) is 2.01. The van der Waals surface area contributed by atoms with Gasteiger partial charge in [0.1, 0.15) is 12.1 Å². The Labute approximate surface area is 117 Å². The number of ether oxygens (including phenoxy) is 1. The van der Waals surface area contributed by atoms with Crippen molar-refractivity contribution in [2.45, 2.75) is 37.8 Å². The van der Waals surface area contributed by atoms with E-state index in [-0.39, 0.29) is 5.91 Å². The molecule has 0 aliphatic carbocycles. The second-order valence-corrected chi connectivity index (χ2v) is 4.93. The average Bonchev–Trinajstić information content (AvgIpc) is 2.98. The first-order valence-electron chi connectivity index (χ1n) is 6.85. The van der Waals surface area contributed by atoms with Gasteiger partial charge in [-0.2, -0.15) is 0 Å². The quantitative estimate of drug-likeness (QED) is 0.823. The molecule has 1 aliphatic heterocycles. The summed E-state index contributed by atoms with van der Waals surface area (Å²) < 4.78 is 5.25. The lowest BCUT2D eigenvalue weighted by molar-refractivity contribution is -0.143. The third-order valence-electron chi connectivity index (χ3n) is 3.40. The largest absolute Gasteiger partial charge is 0.480 e. The molecule has 0 bridgehead atoms. The highest BCUT2D eigenvalue weighted by atomic mass is 16.5. The summed E-state index contributed by atoms with van der Waals surface area (Å²) in [4.78, 5) is 23.1. The van der Waals surface area contributed by atoms with Crippen LogP contribution in [0.2, 0.25) is 0 Å². The zero-order valence-electron chi connectivity index (χ0n) is 11.2. The van der Waals surface area contributed by atoms with E-state index in [0.29, 0.717) is 25.9 Å². The van der Waals surface area contributed by atoms with Gasteiger partial charge < -0.3 is 15.2 Å². The smallest absolute Gasteiger partial charge is 0.326 e. The zero-order valence-corrected chi connectivity index (χ0v) is 11.2. The summed E-state index contributed by atoms with van der Waals surface area (Å²) >= 11 is 0. The van der Waals surface area contributed by atoms with Gasteiger partial charge >= 0.3 is 5.97 Å². The third kappa shape index (κ3) is 4.06. The van der Waals surface area contributed by atoms with Crippen LogP contribution in [0.25, 0.3) is 0 Å². The van der Waals surface area contributed by atoms with E-state index in [1.54, 1.807) is 0 Å². The van der Waals surface area contributed by atoms with Gasteiger partial charge in [-0.25, -0.2) is 4.79 Å². The van der Waals surface area contributed by atoms with Crippen molar-refractivity contribution in [3.63, 3.8) is 0 Å². The Morgan fingerprint density at radius 2 is 2.10 bits per heavy atom. The van der Waals surface area contributed by atoms with Crippen LogP contribution in [0.1, 0.15) is 24.8 Å². The number of nitrogens with one attached hydrogen (secondary N) is 1. The van der Waals surface area contributed by atoms with Gasteiger partial charge in [0.05, 0.1) is 0 Å². The van der Waals surface area contributed by atoms with E-state index >= 15 is 0 Å². The second-order valence-electron chi connectivity index (χ2n) is 4.93. The lowest BCUT2D eigenvalue weighted by Gasteiger charge is -2.17. The Balaban J connectivity index is 1.87. The van der Waals surface area contributed by atoms with Crippen LogP contribution in [0.15, 0.2) is 30.3 Å². The van der Waals surface area contributed by atoms with Crippen LogP contribution in [-0.4, -0.2) is 35.7 Å². The Morgan fingerprint density at radius 3 is 2.70 bits per heavy atom. The summed E-state index contributed by atoms with van der Waals surface area (Å²) in [5.41, 5.74) is 1.06. The molecule has 1 saturated heterocycles. The van der Waals surface area contributed by atoms with Crippen LogP contribution in [-0.2, 0) is 20.7 Å². The van der Waals surface area contributed by atoms with Crippen LogP contribution in [0.4, 0.5) is 0 Å². The van der Waals surface area contributed by atoms with Gasteiger partial charge in [0.25, 0.3) is 0 Å². The first kappa shape index (κ1) is 14.5. The fourth-order valence-electron chi connectivity index (χ4n) is 2.26. The van der Waals surface area contributed by atoms with E-state index in [4.69, 9.17) is 4.74 Å². The predicted octanol–water partition coefficient (Wildman–Crippen LogP) is 1.37. The molecule has 0 radical (unpaired) electrons. The minimum atomic E-state index is -1.01. The first-order chi connectivity index (χ1) is 9.66. The number of aryl methyl sites for hydroxylation is 1. The highest BCUT2D eigenvalue weighted by molar-refractivity contribution is 5.86. The number of hydrogen-bond donors (Lipinski definition) is 2. The molecule has 1 aromatic rings. The van der Waals surface area contributed by atoms with Gasteiger partial charge in [-0.1, -0.05) is 30.3 Å². The number of carboxylic acids is 1. The maximum atomic E-state index is 11.9. The second kappa shape index (κ2) is 7.05. The Bertz CT molecular complexity index is 454. The summed E-state index contributed by atoms with van der Waals surface area (Å²) in [5, 5.41) is 11.8. The van der Waals surface area contributed by atoms with Crippen LogP contribution in [0, 0.1) is 0 Å². The number of amides is 1. The number of carbonyl (C=O) groups excluding carboxylic acids is 1. The lowest BCUT2D eigenvalue weighted by Crippen LogP contribution is -2.45. The molecule has 1 fully saturated rings. The molecule has 2 atom stereocenters. The van der Waals surface area contributed by atoms with Crippen molar-refractivity contribution in [1.82, 2.24) is 5.32 Å². The maximum Gasteiger partial charge on any atom is 0.326 e. The SMILES string of the molecule is O=C(N[C@H](CCc1ccccc1)C(=O)O)[C@@H]1CCCO1. The number of benzene rings is 1. The molecule has 1 amide bonds. The number of rotatable bonds is 6. The Kier molecular flexibility index (Phi) is 5.12. The summed E-state index contributed by atoms with van der Waals surface area (Å²) in [5.74, 6) is -1.32. The molecule has 5 nitrogen and oxygen atoms in total. The van der Waals surface area contributed by atoms with Crippen LogP contribution in [0.3, 0.4) is 0 Å². The number of carbonyl (C=O) groups is 2. The van der Waals surface area contributed by atoms with E-state index < -0.39 is 18.1 Å². The number of carboxylic acid groups (broad SMARTS) is 1. The monoisotopic (exact) mass is 277 g/mol. The van der Waals surface area contributed by atoms with Crippen LogP contribution < -0.4 is 5.32 Å². The maximum absolute atomic E-state index is 11.9. The van der Waals surface area contributed by atoms with Gasteiger partial charge in [-0.3, -0.25) is 4.79 Å². The molecular formula is C15H19NO4. The van der Waals surface area contributed by atoms with Crippen LogP contribution >= 0.6 is 0 Å². The average molecular weight is 277 g/mol. The van der Waals surface area contributed by atoms with Crippen molar-refractivity contribution in [3.8, 4) is 0 Å². The molecule has 5 heteroatoms. The van der Waals surface area contributed by atoms with Gasteiger partial charge in [0.15, 0.2) is 0 Å². The highest BCUT2D eigenvalue weighted by Gasteiger charge is 2.27. The molecule has 0 saturated carbocycles. The van der Waals surface area contributed by atoms with E-state index in [1.807, 2.05) is 30.3 Å². The molecular weight excluding hydrogens is 258 g/mol. The normalized spacial score (nSPS) is 19.5. The topological polar surface area (TPSA) is 75.6 Å². The molecule has 108 valence electrons. The van der Waals surface area contributed by atoms with Crippen molar-refractivity contribution < 1.29 is 19.4 Å². The highest BCUT2D eigenvalue weighted by Crippen LogP contribution is 2.13. The number of aliphatic carboxylic acids is 1. The molecule has 2 N–H and O–H groups in total. The predicted molar refractivity (Wildman–Crippen MR) is 73.3 cm³/mol. The van der Waals surface area contributed by atoms with Crippen molar-refractivity contribution in [3.05, 3.63) is 35.9 Å². The van der Waals surface area contributed by atoms with Crippen molar-refractivity contribution in [2.75, 3.05) is 6.61 Å². The molecule has 20 heavy (non-hydrogen) atoms. The first-order valence-corrected chi connectivity index (χ1v) is 6.85. The summed E-state index contributed by atoms with van der Waals surface area (Å²) in [7, 11) is 0. The third-order valence-corrected chi connectivity index (χ3v) is 3.40. The van der Waals surface area contributed by atoms with E-state index in [9.17, 15) is 14.7 Å². The molecule has 0 spiro atoms. The fraction of sp³-hybridized carbons (Fsp3) is 0.467. The minimum absolute atomic E-state index is 0.317. The van der Waals surface area contributed by atoms with Crippen molar-refractivity contribution >= 4 is 11.9 Å². The molecule has 2 rings (SSSR count). The molecule has 0 unspecified atom stereocenters. The van der Waals surface area contributed by atoms with Gasteiger partial charge in [0, 0.05) is 6.61 Å².